The number of benzene rings is 2. The van der Waals surface area contributed by atoms with Gasteiger partial charge >= 0.3 is 0 Å². The quantitative estimate of drug-likeness (QED) is 0.607. The van der Waals surface area contributed by atoms with Gasteiger partial charge in [0.2, 0.25) is 0 Å². The molecule has 0 aliphatic heterocycles. The van der Waals surface area contributed by atoms with Gasteiger partial charge in [0.05, 0.1) is 5.69 Å². The van der Waals surface area contributed by atoms with Gasteiger partial charge in [0.25, 0.3) is 0 Å². The fraction of sp³-hybridized carbons (Fsp3) is 0.158. The van der Waals surface area contributed by atoms with Crippen LogP contribution in [-0.4, -0.2) is 4.57 Å². The molecule has 1 heteroatoms. The van der Waals surface area contributed by atoms with Gasteiger partial charge in [-0.2, -0.15) is 0 Å². The van der Waals surface area contributed by atoms with E-state index in [4.69, 9.17) is 0 Å². The van der Waals surface area contributed by atoms with Gasteiger partial charge in [0.15, 0.2) is 0 Å². The van der Waals surface area contributed by atoms with Crippen molar-refractivity contribution >= 4 is 0 Å². The van der Waals surface area contributed by atoms with Crippen LogP contribution in [0.15, 0.2) is 60.8 Å². The van der Waals surface area contributed by atoms with Gasteiger partial charge in [-0.25, -0.2) is 0 Å². The summed E-state index contributed by atoms with van der Waals surface area (Å²) in [4.78, 5) is 0. The summed E-state index contributed by atoms with van der Waals surface area (Å²) in [6, 6.07) is 19.3. The van der Waals surface area contributed by atoms with E-state index in [9.17, 15) is 0 Å². The Morgan fingerprint density at radius 1 is 0.750 bits per heavy atom. The number of hydrogen-bond donors (Lipinski definition) is 0. The lowest BCUT2D eigenvalue weighted by Crippen LogP contribution is -1.98. The van der Waals surface area contributed by atoms with Crippen LogP contribution in [0.25, 0.3) is 16.9 Å². The van der Waals surface area contributed by atoms with Crippen LogP contribution < -0.4 is 0 Å². The lowest BCUT2D eigenvalue weighted by Gasteiger charge is -2.15. The third-order valence-corrected chi connectivity index (χ3v) is 3.72. The van der Waals surface area contributed by atoms with Crippen LogP contribution in [-0.2, 0) is 0 Å². The van der Waals surface area contributed by atoms with E-state index < -0.39 is 0 Å². The van der Waals surface area contributed by atoms with Crippen LogP contribution in [0.5, 0.6) is 0 Å². The maximum Gasteiger partial charge on any atom is 0.0533 e. The van der Waals surface area contributed by atoms with Crippen LogP contribution in [0.3, 0.4) is 0 Å². The van der Waals surface area contributed by atoms with Crippen molar-refractivity contribution < 1.29 is 0 Å². The van der Waals surface area contributed by atoms with E-state index in [0.29, 0.717) is 0 Å². The molecule has 0 unspecified atom stereocenters. The number of rotatable bonds is 2. The highest BCUT2D eigenvalue weighted by molar-refractivity contribution is 5.70. The zero-order valence-electron chi connectivity index (χ0n) is 12.2. The Hall–Kier alpha value is -2.28. The first kappa shape index (κ1) is 12.7. The van der Waals surface area contributed by atoms with Crippen molar-refractivity contribution in [2.75, 3.05) is 0 Å². The second-order valence-corrected chi connectivity index (χ2v) is 5.37. The fourth-order valence-corrected chi connectivity index (χ4v) is 2.98. The van der Waals surface area contributed by atoms with Gasteiger partial charge in [-0.3, -0.25) is 0 Å². The highest BCUT2D eigenvalue weighted by Gasteiger charge is 2.11. The normalized spacial score (nSPS) is 10.8. The van der Waals surface area contributed by atoms with Crippen LogP contribution in [0.4, 0.5) is 0 Å². The standard InChI is InChI=1S/C19H19N/c1-14-12-15(2)19(16(3)13-14)18-10-7-11-20(18)17-8-5-4-6-9-17/h4-13H,1-3H3. The van der Waals surface area contributed by atoms with Gasteiger partial charge in [-0.05, 0) is 56.2 Å². The van der Waals surface area contributed by atoms with E-state index in [1.54, 1.807) is 0 Å². The van der Waals surface area contributed by atoms with Gasteiger partial charge < -0.3 is 4.57 Å². The number of para-hydroxylation sites is 1. The topological polar surface area (TPSA) is 4.93 Å². The first-order valence-electron chi connectivity index (χ1n) is 6.98. The molecule has 0 aliphatic carbocycles. The minimum Gasteiger partial charge on any atom is -0.317 e. The predicted molar refractivity (Wildman–Crippen MR) is 85.4 cm³/mol. The average molecular weight is 261 g/mol. The molecule has 0 saturated carbocycles. The molecule has 2 aromatic carbocycles. The number of hydrogen-bond acceptors (Lipinski definition) is 0. The minimum absolute atomic E-state index is 1.20. The maximum absolute atomic E-state index is 2.25. The number of nitrogens with zero attached hydrogens (tertiary/aromatic N) is 1. The molecule has 0 fully saturated rings. The molecular weight excluding hydrogens is 242 g/mol. The van der Waals surface area contributed by atoms with Gasteiger partial charge in [-0.15, -0.1) is 0 Å². The highest BCUT2D eigenvalue weighted by Crippen LogP contribution is 2.30. The lowest BCUT2D eigenvalue weighted by atomic mass is 9.97. The summed E-state index contributed by atoms with van der Waals surface area (Å²) in [5, 5.41) is 0. The van der Waals surface area contributed by atoms with Crippen LogP contribution in [0.2, 0.25) is 0 Å². The molecule has 100 valence electrons. The first-order valence-corrected chi connectivity index (χ1v) is 6.98. The van der Waals surface area contributed by atoms with Gasteiger partial charge in [-0.1, -0.05) is 35.9 Å². The molecular formula is C19H19N. The summed E-state index contributed by atoms with van der Waals surface area (Å²) in [7, 11) is 0. The molecule has 1 aromatic heterocycles. The molecule has 3 rings (SSSR count). The molecule has 1 nitrogen and oxygen atoms in total. The molecule has 0 atom stereocenters. The Morgan fingerprint density at radius 2 is 1.40 bits per heavy atom. The molecule has 3 aromatic rings. The van der Waals surface area contributed by atoms with E-state index >= 15 is 0 Å². The van der Waals surface area contributed by atoms with Crippen molar-refractivity contribution in [3.63, 3.8) is 0 Å². The Bertz CT molecular complexity index is 712. The smallest absolute Gasteiger partial charge is 0.0533 e. The summed E-state index contributed by atoms with van der Waals surface area (Å²) in [6.45, 7) is 6.54. The monoisotopic (exact) mass is 261 g/mol. The minimum atomic E-state index is 1.20. The number of aryl methyl sites for hydroxylation is 3. The largest absolute Gasteiger partial charge is 0.317 e. The molecule has 0 bridgehead atoms. The zero-order chi connectivity index (χ0) is 14.1. The maximum atomic E-state index is 2.25. The molecule has 1 heterocycles. The Balaban J connectivity index is 2.21. The summed E-state index contributed by atoms with van der Waals surface area (Å²) >= 11 is 0. The second kappa shape index (κ2) is 5.01. The average Bonchev–Trinajstić information content (AvgIpc) is 2.87. The summed E-state index contributed by atoms with van der Waals surface area (Å²) < 4.78 is 2.25. The van der Waals surface area contributed by atoms with Crippen LogP contribution >= 0.6 is 0 Å². The van der Waals surface area contributed by atoms with Gasteiger partial charge in [0.1, 0.15) is 0 Å². The Kier molecular flexibility index (Phi) is 3.19. The van der Waals surface area contributed by atoms with Crippen molar-refractivity contribution in [2.45, 2.75) is 20.8 Å². The van der Waals surface area contributed by atoms with Crippen molar-refractivity contribution in [3.05, 3.63) is 77.5 Å². The summed E-state index contributed by atoms with van der Waals surface area (Å²) in [6.07, 6.45) is 2.13. The van der Waals surface area contributed by atoms with Crippen molar-refractivity contribution in [1.82, 2.24) is 4.57 Å². The summed E-state index contributed by atoms with van der Waals surface area (Å²) in [5.41, 5.74) is 7.78. The first-order chi connectivity index (χ1) is 9.66. The van der Waals surface area contributed by atoms with Gasteiger partial charge in [0, 0.05) is 17.4 Å². The number of aromatic nitrogens is 1. The van der Waals surface area contributed by atoms with E-state index in [1.165, 1.54) is 33.6 Å². The van der Waals surface area contributed by atoms with E-state index in [0.717, 1.165) is 0 Å². The lowest BCUT2D eigenvalue weighted by molar-refractivity contribution is 1.08. The van der Waals surface area contributed by atoms with E-state index in [1.807, 2.05) is 0 Å². The van der Waals surface area contributed by atoms with Crippen molar-refractivity contribution in [1.29, 1.82) is 0 Å². The van der Waals surface area contributed by atoms with Crippen molar-refractivity contribution in [3.8, 4) is 16.9 Å². The molecule has 0 aliphatic rings. The Morgan fingerprint density at radius 3 is 2.05 bits per heavy atom. The van der Waals surface area contributed by atoms with Crippen LogP contribution in [0.1, 0.15) is 16.7 Å². The SMILES string of the molecule is Cc1cc(C)c(-c2cccn2-c2ccccc2)c(C)c1. The van der Waals surface area contributed by atoms with E-state index in [2.05, 4.69) is 86.1 Å². The molecule has 0 spiro atoms. The molecule has 20 heavy (non-hydrogen) atoms. The molecule has 0 saturated heterocycles. The Labute approximate surface area is 120 Å². The third kappa shape index (κ3) is 2.16. The highest BCUT2D eigenvalue weighted by atomic mass is 15.0. The molecule has 0 amide bonds. The third-order valence-electron chi connectivity index (χ3n) is 3.72. The fourth-order valence-electron chi connectivity index (χ4n) is 2.98. The predicted octanol–water partition coefficient (Wildman–Crippen LogP) is 5.07. The second-order valence-electron chi connectivity index (χ2n) is 5.37. The zero-order valence-corrected chi connectivity index (χ0v) is 12.2. The van der Waals surface area contributed by atoms with Crippen molar-refractivity contribution in [2.24, 2.45) is 0 Å². The van der Waals surface area contributed by atoms with E-state index in [-0.39, 0.29) is 0 Å². The molecule has 0 radical (unpaired) electrons. The summed E-state index contributed by atoms with van der Waals surface area (Å²) in [5.74, 6) is 0. The van der Waals surface area contributed by atoms with Crippen LogP contribution in [0, 0.1) is 20.8 Å². The molecule has 0 N–H and O–H groups in total.